The molecule has 1 aromatic rings. The smallest absolute Gasteiger partial charge is 0.0720 e. The fourth-order valence-electron chi connectivity index (χ4n) is 3.00. The first-order chi connectivity index (χ1) is 9.81. The SMILES string of the molecule is CCNCc1ccc(COC2CCCC(CC)C2)cc1. The molecule has 0 heterocycles. The van der Waals surface area contributed by atoms with E-state index in [-0.39, 0.29) is 0 Å². The van der Waals surface area contributed by atoms with Crippen LogP contribution in [0, 0.1) is 5.92 Å². The molecular formula is C18H29NO. The summed E-state index contributed by atoms with van der Waals surface area (Å²) in [6.45, 7) is 7.18. The Balaban J connectivity index is 1.75. The summed E-state index contributed by atoms with van der Waals surface area (Å²) in [6.07, 6.45) is 7.03. The summed E-state index contributed by atoms with van der Waals surface area (Å²) in [5, 5.41) is 3.35. The third-order valence-electron chi connectivity index (χ3n) is 4.40. The zero-order chi connectivity index (χ0) is 14.2. The van der Waals surface area contributed by atoms with Crippen LogP contribution < -0.4 is 5.32 Å². The van der Waals surface area contributed by atoms with Crippen LogP contribution in [0.4, 0.5) is 0 Å². The molecule has 1 aromatic carbocycles. The molecule has 2 heteroatoms. The molecule has 0 bridgehead atoms. The van der Waals surface area contributed by atoms with Gasteiger partial charge in [0.25, 0.3) is 0 Å². The third kappa shape index (κ3) is 4.92. The maximum Gasteiger partial charge on any atom is 0.0720 e. The van der Waals surface area contributed by atoms with Gasteiger partial charge in [-0.1, -0.05) is 57.4 Å². The summed E-state index contributed by atoms with van der Waals surface area (Å²) in [4.78, 5) is 0. The minimum absolute atomic E-state index is 0.482. The van der Waals surface area contributed by atoms with Crippen LogP contribution in [0.5, 0.6) is 0 Å². The molecule has 1 N–H and O–H groups in total. The van der Waals surface area contributed by atoms with Gasteiger partial charge in [-0.15, -0.1) is 0 Å². The molecule has 0 spiro atoms. The fourth-order valence-corrected chi connectivity index (χ4v) is 3.00. The molecule has 0 aromatic heterocycles. The molecule has 2 unspecified atom stereocenters. The predicted octanol–water partition coefficient (Wildman–Crippen LogP) is 4.28. The lowest BCUT2D eigenvalue weighted by Crippen LogP contribution is -2.22. The zero-order valence-corrected chi connectivity index (χ0v) is 13.0. The number of hydrogen-bond donors (Lipinski definition) is 1. The van der Waals surface area contributed by atoms with E-state index in [0.717, 1.165) is 25.6 Å². The van der Waals surface area contributed by atoms with Crippen molar-refractivity contribution in [3.63, 3.8) is 0 Å². The van der Waals surface area contributed by atoms with E-state index < -0.39 is 0 Å². The maximum atomic E-state index is 6.11. The van der Waals surface area contributed by atoms with Crippen LogP contribution in [-0.2, 0) is 17.9 Å². The first-order valence-electron chi connectivity index (χ1n) is 8.22. The van der Waals surface area contributed by atoms with E-state index >= 15 is 0 Å². The quantitative estimate of drug-likeness (QED) is 0.802. The van der Waals surface area contributed by atoms with Crippen LogP contribution in [-0.4, -0.2) is 12.6 Å². The van der Waals surface area contributed by atoms with E-state index in [2.05, 4.69) is 43.4 Å². The number of ether oxygens (including phenoxy) is 1. The van der Waals surface area contributed by atoms with Crippen molar-refractivity contribution < 1.29 is 4.74 Å². The lowest BCUT2D eigenvalue weighted by molar-refractivity contribution is 0.00176. The van der Waals surface area contributed by atoms with E-state index in [9.17, 15) is 0 Å². The largest absolute Gasteiger partial charge is 0.374 e. The second kappa shape index (κ2) is 8.43. The topological polar surface area (TPSA) is 21.3 Å². The fraction of sp³-hybridized carbons (Fsp3) is 0.667. The molecule has 1 aliphatic carbocycles. The Morgan fingerprint density at radius 1 is 1.10 bits per heavy atom. The Kier molecular flexibility index (Phi) is 6.55. The second-order valence-corrected chi connectivity index (χ2v) is 5.97. The average Bonchev–Trinajstić information content (AvgIpc) is 2.52. The highest BCUT2D eigenvalue weighted by atomic mass is 16.5. The lowest BCUT2D eigenvalue weighted by Gasteiger charge is -2.28. The normalized spacial score (nSPS) is 22.9. The van der Waals surface area contributed by atoms with Crippen molar-refractivity contribution in [2.24, 2.45) is 5.92 Å². The van der Waals surface area contributed by atoms with E-state index in [0.29, 0.717) is 6.10 Å². The lowest BCUT2D eigenvalue weighted by atomic mass is 9.85. The molecule has 20 heavy (non-hydrogen) atoms. The molecule has 2 rings (SSSR count). The number of benzene rings is 1. The molecular weight excluding hydrogens is 246 g/mol. The van der Waals surface area contributed by atoms with Crippen molar-refractivity contribution in [2.75, 3.05) is 6.54 Å². The molecule has 1 saturated carbocycles. The highest BCUT2D eigenvalue weighted by Crippen LogP contribution is 2.28. The number of nitrogens with one attached hydrogen (secondary N) is 1. The van der Waals surface area contributed by atoms with E-state index in [4.69, 9.17) is 4.74 Å². The van der Waals surface area contributed by atoms with E-state index in [1.807, 2.05) is 0 Å². The molecule has 1 aliphatic rings. The van der Waals surface area contributed by atoms with Gasteiger partial charge in [-0.05, 0) is 36.4 Å². The third-order valence-corrected chi connectivity index (χ3v) is 4.40. The van der Waals surface area contributed by atoms with Crippen molar-refractivity contribution in [3.8, 4) is 0 Å². The van der Waals surface area contributed by atoms with Crippen LogP contribution in [0.15, 0.2) is 24.3 Å². The first kappa shape index (κ1) is 15.5. The Morgan fingerprint density at radius 3 is 2.55 bits per heavy atom. The monoisotopic (exact) mass is 275 g/mol. The number of rotatable bonds is 7. The minimum atomic E-state index is 0.482. The number of hydrogen-bond acceptors (Lipinski definition) is 2. The van der Waals surface area contributed by atoms with Gasteiger partial charge in [-0.2, -0.15) is 0 Å². The van der Waals surface area contributed by atoms with Crippen molar-refractivity contribution in [3.05, 3.63) is 35.4 Å². The van der Waals surface area contributed by atoms with Gasteiger partial charge in [0.15, 0.2) is 0 Å². The van der Waals surface area contributed by atoms with Gasteiger partial charge >= 0.3 is 0 Å². The van der Waals surface area contributed by atoms with Gasteiger partial charge in [0.2, 0.25) is 0 Å². The molecule has 0 amide bonds. The summed E-state index contributed by atoms with van der Waals surface area (Å²) in [6, 6.07) is 8.81. The highest BCUT2D eigenvalue weighted by molar-refractivity contribution is 5.21. The molecule has 0 aliphatic heterocycles. The van der Waals surface area contributed by atoms with Crippen molar-refractivity contribution in [2.45, 2.75) is 65.2 Å². The maximum absolute atomic E-state index is 6.11. The van der Waals surface area contributed by atoms with Gasteiger partial charge in [0.05, 0.1) is 12.7 Å². The van der Waals surface area contributed by atoms with Crippen LogP contribution in [0.25, 0.3) is 0 Å². The first-order valence-corrected chi connectivity index (χ1v) is 8.22. The predicted molar refractivity (Wildman–Crippen MR) is 84.6 cm³/mol. The highest BCUT2D eigenvalue weighted by Gasteiger charge is 2.20. The molecule has 2 atom stereocenters. The summed E-state index contributed by atoms with van der Waals surface area (Å²) in [5.41, 5.74) is 2.64. The molecule has 0 saturated heterocycles. The Labute approximate surface area is 123 Å². The van der Waals surface area contributed by atoms with E-state index in [1.165, 1.54) is 43.2 Å². The molecule has 0 radical (unpaired) electrons. The van der Waals surface area contributed by atoms with Crippen molar-refractivity contribution >= 4 is 0 Å². The zero-order valence-electron chi connectivity index (χ0n) is 13.0. The standard InChI is InChI=1S/C18H29NO/c1-3-15-6-5-7-18(12-15)20-14-17-10-8-16(9-11-17)13-19-4-2/h8-11,15,18-19H,3-7,12-14H2,1-2H3. The molecule has 2 nitrogen and oxygen atoms in total. The molecule has 112 valence electrons. The summed E-state index contributed by atoms with van der Waals surface area (Å²) >= 11 is 0. The van der Waals surface area contributed by atoms with E-state index in [1.54, 1.807) is 0 Å². The van der Waals surface area contributed by atoms with Crippen LogP contribution >= 0.6 is 0 Å². The minimum Gasteiger partial charge on any atom is -0.374 e. The van der Waals surface area contributed by atoms with Crippen LogP contribution in [0.3, 0.4) is 0 Å². The van der Waals surface area contributed by atoms with Gasteiger partial charge in [-0.3, -0.25) is 0 Å². The van der Waals surface area contributed by atoms with Crippen molar-refractivity contribution in [1.29, 1.82) is 0 Å². The van der Waals surface area contributed by atoms with Gasteiger partial charge in [0, 0.05) is 6.54 Å². The van der Waals surface area contributed by atoms with Crippen LogP contribution in [0.2, 0.25) is 0 Å². The van der Waals surface area contributed by atoms with Gasteiger partial charge in [0.1, 0.15) is 0 Å². The summed E-state index contributed by atoms with van der Waals surface area (Å²) in [5.74, 6) is 0.885. The summed E-state index contributed by atoms with van der Waals surface area (Å²) < 4.78 is 6.11. The second-order valence-electron chi connectivity index (χ2n) is 5.97. The Hall–Kier alpha value is -0.860. The Bertz CT molecular complexity index is 374. The summed E-state index contributed by atoms with van der Waals surface area (Å²) in [7, 11) is 0. The van der Waals surface area contributed by atoms with Crippen molar-refractivity contribution in [1.82, 2.24) is 5.32 Å². The van der Waals surface area contributed by atoms with Gasteiger partial charge in [-0.25, -0.2) is 0 Å². The van der Waals surface area contributed by atoms with Crippen LogP contribution in [0.1, 0.15) is 57.1 Å². The van der Waals surface area contributed by atoms with Gasteiger partial charge < -0.3 is 10.1 Å². The Morgan fingerprint density at radius 2 is 1.85 bits per heavy atom. The average molecular weight is 275 g/mol. The molecule has 1 fully saturated rings.